The van der Waals surface area contributed by atoms with E-state index in [0.717, 1.165) is 31.4 Å². The van der Waals surface area contributed by atoms with Gasteiger partial charge in [-0.25, -0.2) is 0 Å². The quantitative estimate of drug-likeness (QED) is 0.836. The number of halogens is 1. The van der Waals surface area contributed by atoms with Gasteiger partial charge in [-0.05, 0) is 31.0 Å². The van der Waals surface area contributed by atoms with Crippen molar-refractivity contribution in [3.05, 3.63) is 28.8 Å². The van der Waals surface area contributed by atoms with Gasteiger partial charge in [0.1, 0.15) is 0 Å². The van der Waals surface area contributed by atoms with Crippen LogP contribution in [0.25, 0.3) is 0 Å². The molecule has 1 amide bonds. The molecule has 1 aromatic rings. The number of Topliss-reactive ketones (excluding diaryl/α,β-unsaturated/α-hetero) is 1. The van der Waals surface area contributed by atoms with Crippen LogP contribution in [0.5, 0.6) is 0 Å². The van der Waals surface area contributed by atoms with Gasteiger partial charge in [0, 0.05) is 28.2 Å². The van der Waals surface area contributed by atoms with Crippen molar-refractivity contribution in [1.29, 1.82) is 0 Å². The zero-order valence-corrected chi connectivity index (χ0v) is 11.8. The fraction of sp³-hybridized carbons (Fsp3) is 0.467. The summed E-state index contributed by atoms with van der Waals surface area (Å²) >= 11 is 5.97. The number of anilines is 1. The number of fused-ring (bicyclic) bond motifs is 2. The standard InChI is InChI=1S/C15H17ClN2O2/c16-8-5-6-12-11(7-8)14(19)9-3-1-2-4-10(15(17)20)13(9)18-12/h5-7,9-10,13,18H,1-4H2,(H2,17,20)/t9-,10-,13+/m1/s1. The van der Waals surface area contributed by atoms with Crippen LogP contribution in [0, 0.1) is 11.8 Å². The number of nitrogens with two attached hydrogens (primary N) is 1. The fourth-order valence-electron chi connectivity index (χ4n) is 3.41. The molecular formula is C15H17ClN2O2. The number of primary amides is 1. The van der Waals surface area contributed by atoms with Crippen LogP contribution in [0.2, 0.25) is 5.02 Å². The Morgan fingerprint density at radius 2 is 2.05 bits per heavy atom. The maximum absolute atomic E-state index is 12.7. The molecule has 5 heteroatoms. The number of amides is 1. The van der Waals surface area contributed by atoms with E-state index in [4.69, 9.17) is 17.3 Å². The first-order chi connectivity index (χ1) is 9.58. The molecule has 1 heterocycles. The molecule has 0 aromatic heterocycles. The van der Waals surface area contributed by atoms with E-state index in [1.165, 1.54) is 0 Å². The van der Waals surface area contributed by atoms with Crippen molar-refractivity contribution in [1.82, 2.24) is 0 Å². The Morgan fingerprint density at radius 3 is 2.80 bits per heavy atom. The lowest BCUT2D eigenvalue weighted by atomic mass is 9.78. The minimum absolute atomic E-state index is 0.0828. The predicted molar refractivity (Wildman–Crippen MR) is 77.8 cm³/mol. The van der Waals surface area contributed by atoms with E-state index in [9.17, 15) is 9.59 Å². The lowest BCUT2D eigenvalue weighted by Gasteiger charge is -2.35. The Kier molecular flexibility index (Phi) is 3.42. The van der Waals surface area contributed by atoms with Gasteiger partial charge < -0.3 is 11.1 Å². The molecule has 1 aliphatic heterocycles. The van der Waals surface area contributed by atoms with Crippen LogP contribution in [0.4, 0.5) is 5.69 Å². The number of hydrogen-bond donors (Lipinski definition) is 2. The molecule has 0 spiro atoms. The Labute approximate surface area is 122 Å². The molecule has 1 aliphatic carbocycles. The van der Waals surface area contributed by atoms with Crippen LogP contribution in [0.3, 0.4) is 0 Å². The van der Waals surface area contributed by atoms with Crippen LogP contribution in [0.15, 0.2) is 18.2 Å². The highest BCUT2D eigenvalue weighted by Gasteiger charge is 2.42. The van der Waals surface area contributed by atoms with Gasteiger partial charge in [0.2, 0.25) is 5.91 Å². The van der Waals surface area contributed by atoms with Gasteiger partial charge in [-0.2, -0.15) is 0 Å². The van der Waals surface area contributed by atoms with Crippen LogP contribution >= 0.6 is 11.6 Å². The van der Waals surface area contributed by atoms with E-state index in [1.54, 1.807) is 18.2 Å². The molecule has 3 atom stereocenters. The molecule has 3 rings (SSSR count). The Bertz CT molecular complexity index is 573. The molecule has 0 saturated heterocycles. The van der Waals surface area contributed by atoms with Gasteiger partial charge in [0.25, 0.3) is 0 Å². The molecule has 1 aromatic carbocycles. The summed E-state index contributed by atoms with van der Waals surface area (Å²) in [6.45, 7) is 0. The number of benzene rings is 1. The second kappa shape index (κ2) is 5.09. The van der Waals surface area contributed by atoms with Crippen molar-refractivity contribution in [2.75, 3.05) is 5.32 Å². The van der Waals surface area contributed by atoms with E-state index in [0.29, 0.717) is 10.6 Å². The average Bonchev–Trinajstić information content (AvgIpc) is 2.62. The summed E-state index contributed by atoms with van der Waals surface area (Å²) in [5, 5.41) is 3.90. The normalized spacial score (nSPS) is 28.9. The first-order valence-electron chi connectivity index (χ1n) is 6.97. The largest absolute Gasteiger partial charge is 0.380 e. The number of carbonyl (C=O) groups is 2. The Morgan fingerprint density at radius 1 is 1.30 bits per heavy atom. The molecule has 1 fully saturated rings. The summed E-state index contributed by atoms with van der Waals surface area (Å²) in [6.07, 6.45) is 3.44. The van der Waals surface area contributed by atoms with E-state index in [-0.39, 0.29) is 29.6 Å². The predicted octanol–water partition coefficient (Wildman–Crippen LogP) is 2.61. The first kappa shape index (κ1) is 13.4. The molecule has 4 nitrogen and oxygen atoms in total. The summed E-state index contributed by atoms with van der Waals surface area (Å²) in [4.78, 5) is 24.4. The SMILES string of the molecule is NC(=O)[C@@H]1CCCC[C@H]2C(=O)c3cc(Cl)ccc3N[C@H]12. The fourth-order valence-corrected chi connectivity index (χ4v) is 3.58. The summed E-state index contributed by atoms with van der Waals surface area (Å²) in [7, 11) is 0. The maximum atomic E-state index is 12.7. The molecule has 0 unspecified atom stereocenters. The second-order valence-corrected chi connectivity index (χ2v) is 6.06. The minimum atomic E-state index is -0.320. The van der Waals surface area contributed by atoms with Crippen LogP contribution < -0.4 is 11.1 Å². The summed E-state index contributed by atoms with van der Waals surface area (Å²) in [6, 6.07) is 5.06. The van der Waals surface area contributed by atoms with E-state index >= 15 is 0 Å². The average molecular weight is 293 g/mol. The molecule has 0 bridgehead atoms. The molecule has 3 N–H and O–H groups in total. The maximum Gasteiger partial charge on any atom is 0.222 e. The third kappa shape index (κ3) is 2.18. The highest BCUT2D eigenvalue weighted by Crippen LogP contribution is 2.38. The van der Waals surface area contributed by atoms with Gasteiger partial charge in [-0.3, -0.25) is 9.59 Å². The zero-order chi connectivity index (χ0) is 14.3. The number of nitrogens with one attached hydrogen (secondary N) is 1. The third-order valence-electron chi connectivity index (χ3n) is 4.42. The summed E-state index contributed by atoms with van der Waals surface area (Å²) in [5.74, 6) is -0.699. The number of carbonyl (C=O) groups excluding carboxylic acids is 2. The number of hydrogen-bond acceptors (Lipinski definition) is 3. The van der Waals surface area contributed by atoms with Crippen molar-refractivity contribution in [2.45, 2.75) is 31.7 Å². The Hall–Kier alpha value is -1.55. The summed E-state index contributed by atoms with van der Waals surface area (Å²) in [5.41, 5.74) is 6.91. The monoisotopic (exact) mass is 292 g/mol. The smallest absolute Gasteiger partial charge is 0.222 e. The zero-order valence-electron chi connectivity index (χ0n) is 11.1. The first-order valence-corrected chi connectivity index (χ1v) is 7.35. The van der Waals surface area contributed by atoms with Gasteiger partial charge >= 0.3 is 0 Å². The molecule has 20 heavy (non-hydrogen) atoms. The molecule has 1 saturated carbocycles. The van der Waals surface area contributed by atoms with Gasteiger partial charge in [-0.1, -0.05) is 24.4 Å². The van der Waals surface area contributed by atoms with Gasteiger partial charge in [0.05, 0.1) is 5.92 Å². The van der Waals surface area contributed by atoms with Crippen molar-refractivity contribution in [2.24, 2.45) is 17.6 Å². The van der Waals surface area contributed by atoms with Crippen molar-refractivity contribution in [3.63, 3.8) is 0 Å². The Balaban J connectivity index is 2.03. The van der Waals surface area contributed by atoms with Crippen LogP contribution in [-0.2, 0) is 4.79 Å². The highest BCUT2D eigenvalue weighted by molar-refractivity contribution is 6.31. The van der Waals surface area contributed by atoms with Gasteiger partial charge in [-0.15, -0.1) is 0 Å². The van der Waals surface area contributed by atoms with E-state index < -0.39 is 0 Å². The molecule has 2 aliphatic rings. The van der Waals surface area contributed by atoms with Crippen molar-refractivity contribution in [3.8, 4) is 0 Å². The van der Waals surface area contributed by atoms with Crippen molar-refractivity contribution >= 4 is 29.0 Å². The van der Waals surface area contributed by atoms with Crippen LogP contribution in [0.1, 0.15) is 36.0 Å². The molecular weight excluding hydrogens is 276 g/mol. The number of rotatable bonds is 1. The second-order valence-electron chi connectivity index (χ2n) is 5.62. The lowest BCUT2D eigenvalue weighted by Crippen LogP contribution is -2.47. The minimum Gasteiger partial charge on any atom is -0.380 e. The summed E-state index contributed by atoms with van der Waals surface area (Å²) < 4.78 is 0. The highest BCUT2D eigenvalue weighted by atomic mass is 35.5. The van der Waals surface area contributed by atoms with E-state index in [1.807, 2.05) is 0 Å². The van der Waals surface area contributed by atoms with Crippen LogP contribution in [-0.4, -0.2) is 17.7 Å². The number of ketones is 1. The molecule has 0 radical (unpaired) electrons. The third-order valence-corrected chi connectivity index (χ3v) is 4.65. The van der Waals surface area contributed by atoms with Crippen molar-refractivity contribution < 1.29 is 9.59 Å². The topological polar surface area (TPSA) is 72.2 Å². The molecule has 106 valence electrons. The lowest BCUT2D eigenvalue weighted by molar-refractivity contribution is -0.122. The van der Waals surface area contributed by atoms with Gasteiger partial charge in [0.15, 0.2) is 5.78 Å². The van der Waals surface area contributed by atoms with E-state index in [2.05, 4.69) is 5.32 Å².